The SMILES string of the molecule is CCCC1CC(O)(CC(=O)OCC)c2cc(F)ccc21. The van der Waals surface area contributed by atoms with Gasteiger partial charge in [0.05, 0.1) is 13.0 Å². The molecule has 0 spiro atoms. The van der Waals surface area contributed by atoms with E-state index in [0.717, 1.165) is 18.4 Å². The number of aliphatic hydroxyl groups is 1. The van der Waals surface area contributed by atoms with Crippen LogP contribution < -0.4 is 0 Å². The Morgan fingerprint density at radius 1 is 1.50 bits per heavy atom. The number of ether oxygens (including phenoxy) is 1. The van der Waals surface area contributed by atoms with E-state index >= 15 is 0 Å². The molecule has 0 bridgehead atoms. The molecule has 0 heterocycles. The summed E-state index contributed by atoms with van der Waals surface area (Å²) in [6.45, 7) is 4.08. The molecule has 0 saturated heterocycles. The molecular weight excluding hydrogens is 259 g/mol. The van der Waals surface area contributed by atoms with E-state index in [0.29, 0.717) is 12.0 Å². The molecule has 0 saturated carbocycles. The van der Waals surface area contributed by atoms with Crippen molar-refractivity contribution in [1.82, 2.24) is 0 Å². The number of halogens is 1. The summed E-state index contributed by atoms with van der Waals surface area (Å²) in [5, 5.41) is 10.8. The van der Waals surface area contributed by atoms with Crippen LogP contribution in [0.1, 0.15) is 56.6 Å². The van der Waals surface area contributed by atoms with Gasteiger partial charge in [-0.25, -0.2) is 4.39 Å². The summed E-state index contributed by atoms with van der Waals surface area (Å²) in [5.74, 6) is -0.652. The summed E-state index contributed by atoms with van der Waals surface area (Å²) >= 11 is 0. The van der Waals surface area contributed by atoms with Gasteiger partial charge in [-0.1, -0.05) is 19.4 Å². The van der Waals surface area contributed by atoms with E-state index in [1.165, 1.54) is 12.1 Å². The topological polar surface area (TPSA) is 46.5 Å². The summed E-state index contributed by atoms with van der Waals surface area (Å²) in [4.78, 5) is 11.7. The first-order chi connectivity index (χ1) is 9.50. The van der Waals surface area contributed by atoms with Crippen molar-refractivity contribution in [3.63, 3.8) is 0 Å². The van der Waals surface area contributed by atoms with Crippen molar-refractivity contribution >= 4 is 5.97 Å². The number of carbonyl (C=O) groups is 1. The Labute approximate surface area is 118 Å². The lowest BCUT2D eigenvalue weighted by molar-refractivity contribution is -0.149. The highest BCUT2D eigenvalue weighted by atomic mass is 19.1. The van der Waals surface area contributed by atoms with Crippen molar-refractivity contribution in [2.45, 2.75) is 51.0 Å². The van der Waals surface area contributed by atoms with Gasteiger partial charge in [-0.15, -0.1) is 0 Å². The molecule has 2 rings (SSSR count). The number of benzene rings is 1. The van der Waals surface area contributed by atoms with E-state index in [1.54, 1.807) is 13.0 Å². The van der Waals surface area contributed by atoms with Gasteiger partial charge in [0.2, 0.25) is 0 Å². The largest absolute Gasteiger partial charge is 0.466 e. The van der Waals surface area contributed by atoms with Crippen LogP contribution in [0.3, 0.4) is 0 Å². The highest BCUT2D eigenvalue weighted by Gasteiger charge is 2.43. The van der Waals surface area contributed by atoms with Crippen molar-refractivity contribution in [3.8, 4) is 0 Å². The average Bonchev–Trinajstić information content (AvgIpc) is 2.63. The molecule has 4 heteroatoms. The fourth-order valence-corrected chi connectivity index (χ4v) is 3.14. The summed E-state index contributed by atoms with van der Waals surface area (Å²) in [6.07, 6.45) is 2.25. The van der Waals surface area contributed by atoms with Gasteiger partial charge in [-0.2, -0.15) is 0 Å². The second-order valence-corrected chi connectivity index (χ2v) is 5.43. The highest BCUT2D eigenvalue weighted by molar-refractivity contribution is 5.71. The predicted octanol–water partition coefficient (Wildman–Crippen LogP) is 3.25. The van der Waals surface area contributed by atoms with Crippen molar-refractivity contribution in [1.29, 1.82) is 0 Å². The van der Waals surface area contributed by atoms with E-state index in [1.807, 2.05) is 0 Å². The fraction of sp³-hybridized carbons (Fsp3) is 0.562. The Hall–Kier alpha value is -1.42. The van der Waals surface area contributed by atoms with E-state index in [2.05, 4.69) is 6.92 Å². The fourth-order valence-electron chi connectivity index (χ4n) is 3.14. The quantitative estimate of drug-likeness (QED) is 0.842. The average molecular weight is 280 g/mol. The van der Waals surface area contributed by atoms with Crippen molar-refractivity contribution < 1.29 is 19.0 Å². The van der Waals surface area contributed by atoms with Crippen LogP contribution in [0, 0.1) is 5.82 Å². The third kappa shape index (κ3) is 2.85. The molecule has 20 heavy (non-hydrogen) atoms. The molecule has 0 fully saturated rings. The van der Waals surface area contributed by atoms with Gasteiger partial charge in [0.1, 0.15) is 11.4 Å². The molecule has 0 amide bonds. The molecule has 0 aromatic heterocycles. The van der Waals surface area contributed by atoms with E-state index in [4.69, 9.17) is 4.74 Å². The third-order valence-corrected chi connectivity index (χ3v) is 3.92. The normalized spacial score (nSPS) is 24.5. The Kier molecular flexibility index (Phi) is 4.43. The van der Waals surface area contributed by atoms with Crippen molar-refractivity contribution in [3.05, 3.63) is 35.1 Å². The lowest BCUT2D eigenvalue weighted by Crippen LogP contribution is -2.27. The van der Waals surface area contributed by atoms with E-state index in [-0.39, 0.29) is 24.8 Å². The van der Waals surface area contributed by atoms with Gasteiger partial charge in [-0.3, -0.25) is 4.79 Å². The number of hydrogen-bond acceptors (Lipinski definition) is 3. The maximum atomic E-state index is 13.5. The number of esters is 1. The molecule has 2 atom stereocenters. The third-order valence-electron chi connectivity index (χ3n) is 3.92. The van der Waals surface area contributed by atoms with Gasteiger partial charge in [0.25, 0.3) is 0 Å². The second-order valence-electron chi connectivity index (χ2n) is 5.43. The van der Waals surface area contributed by atoms with Crippen LogP contribution in [0.4, 0.5) is 4.39 Å². The minimum atomic E-state index is -1.30. The molecule has 1 aromatic carbocycles. The van der Waals surface area contributed by atoms with E-state index < -0.39 is 11.6 Å². The van der Waals surface area contributed by atoms with Gasteiger partial charge in [0, 0.05) is 0 Å². The Balaban J connectivity index is 2.32. The summed E-state index contributed by atoms with van der Waals surface area (Å²) in [6, 6.07) is 4.50. The molecule has 2 unspecified atom stereocenters. The Morgan fingerprint density at radius 2 is 2.25 bits per heavy atom. The Morgan fingerprint density at radius 3 is 2.90 bits per heavy atom. The molecule has 1 aliphatic rings. The first kappa shape index (κ1) is 15.0. The predicted molar refractivity (Wildman–Crippen MR) is 73.8 cm³/mol. The zero-order valence-corrected chi connectivity index (χ0v) is 12.0. The Bertz CT molecular complexity index is 500. The standard InChI is InChI=1S/C16H21FO3/c1-3-5-11-9-16(19,10-15(18)20-4-2)14-8-12(17)6-7-13(11)14/h6-8,11,19H,3-5,9-10H2,1-2H3. The zero-order valence-electron chi connectivity index (χ0n) is 12.0. The zero-order chi connectivity index (χ0) is 14.8. The monoisotopic (exact) mass is 280 g/mol. The minimum Gasteiger partial charge on any atom is -0.466 e. The molecule has 0 radical (unpaired) electrons. The minimum absolute atomic E-state index is 0.114. The van der Waals surface area contributed by atoms with Crippen LogP contribution in [0.2, 0.25) is 0 Å². The van der Waals surface area contributed by atoms with Crippen LogP contribution in [-0.4, -0.2) is 17.7 Å². The summed E-state index contributed by atoms with van der Waals surface area (Å²) in [7, 11) is 0. The highest BCUT2D eigenvalue weighted by Crippen LogP contribution is 2.48. The van der Waals surface area contributed by atoms with Gasteiger partial charge < -0.3 is 9.84 Å². The van der Waals surface area contributed by atoms with Crippen LogP contribution in [0.25, 0.3) is 0 Å². The van der Waals surface area contributed by atoms with Crippen LogP contribution >= 0.6 is 0 Å². The summed E-state index contributed by atoms with van der Waals surface area (Å²) < 4.78 is 18.4. The van der Waals surface area contributed by atoms with Crippen LogP contribution in [0.5, 0.6) is 0 Å². The molecular formula is C16H21FO3. The number of rotatable bonds is 5. The number of hydrogen-bond donors (Lipinski definition) is 1. The van der Waals surface area contributed by atoms with Crippen molar-refractivity contribution in [2.75, 3.05) is 6.61 Å². The second kappa shape index (κ2) is 5.92. The number of fused-ring (bicyclic) bond motifs is 1. The smallest absolute Gasteiger partial charge is 0.309 e. The summed E-state index contributed by atoms with van der Waals surface area (Å²) in [5.41, 5.74) is 0.202. The van der Waals surface area contributed by atoms with Crippen molar-refractivity contribution in [2.24, 2.45) is 0 Å². The van der Waals surface area contributed by atoms with Crippen LogP contribution in [-0.2, 0) is 15.1 Å². The van der Waals surface area contributed by atoms with Gasteiger partial charge >= 0.3 is 5.97 Å². The number of carbonyl (C=O) groups excluding carboxylic acids is 1. The van der Waals surface area contributed by atoms with E-state index in [9.17, 15) is 14.3 Å². The first-order valence-electron chi connectivity index (χ1n) is 7.18. The van der Waals surface area contributed by atoms with Gasteiger partial charge in [0.15, 0.2) is 0 Å². The maximum absolute atomic E-state index is 13.5. The van der Waals surface area contributed by atoms with Gasteiger partial charge in [-0.05, 0) is 48.9 Å². The molecule has 110 valence electrons. The molecule has 3 nitrogen and oxygen atoms in total. The molecule has 1 aliphatic carbocycles. The maximum Gasteiger partial charge on any atom is 0.309 e. The molecule has 0 aliphatic heterocycles. The van der Waals surface area contributed by atoms with Crippen LogP contribution in [0.15, 0.2) is 18.2 Å². The molecule has 1 N–H and O–H groups in total. The lowest BCUT2D eigenvalue weighted by Gasteiger charge is -2.23. The lowest BCUT2D eigenvalue weighted by atomic mass is 9.91. The first-order valence-corrected chi connectivity index (χ1v) is 7.18. The molecule has 1 aromatic rings.